The quantitative estimate of drug-likeness (QED) is 0.254. The van der Waals surface area contributed by atoms with Gasteiger partial charge in [-0.1, -0.05) is 37.5 Å². The number of ether oxygens (including phenoxy) is 7. The molecule has 3 aromatic rings. The highest BCUT2D eigenvalue weighted by molar-refractivity contribution is 5.89. The Hall–Kier alpha value is -4.68. The fourth-order valence-corrected chi connectivity index (χ4v) is 8.15. The van der Waals surface area contributed by atoms with Crippen LogP contribution >= 0.6 is 0 Å². The zero-order valence-corrected chi connectivity index (χ0v) is 32.4. The maximum Gasteiger partial charge on any atom is 0.329 e. The van der Waals surface area contributed by atoms with Crippen molar-refractivity contribution in [3.8, 4) is 34.5 Å². The van der Waals surface area contributed by atoms with Gasteiger partial charge in [0.1, 0.15) is 43.3 Å². The number of aliphatic hydroxyl groups excluding tert-OH is 2. The molecule has 12 nitrogen and oxygen atoms in total. The number of hydrogen-bond donors (Lipinski definition) is 2. The number of hydrogen-bond acceptors (Lipinski definition) is 11. The Morgan fingerprint density at radius 2 is 1.38 bits per heavy atom. The van der Waals surface area contributed by atoms with Crippen LogP contribution in [0, 0.1) is 5.92 Å². The zero-order valence-electron chi connectivity index (χ0n) is 32.4. The van der Waals surface area contributed by atoms with Crippen LogP contribution in [-0.2, 0) is 20.7 Å². The molecule has 4 aliphatic rings. The third-order valence-electron chi connectivity index (χ3n) is 11.2. The molecule has 5 atom stereocenters. The lowest BCUT2D eigenvalue weighted by Crippen LogP contribution is -2.51. The zero-order chi connectivity index (χ0) is 38.9. The Balaban J connectivity index is 1.39. The predicted octanol–water partition coefficient (Wildman–Crippen LogP) is 6.18. The maximum atomic E-state index is 15.0. The molecule has 0 radical (unpaired) electrons. The molecule has 2 N–H and O–H groups in total. The van der Waals surface area contributed by atoms with Gasteiger partial charge in [0, 0.05) is 6.54 Å². The average molecular weight is 762 g/mol. The van der Waals surface area contributed by atoms with Crippen molar-refractivity contribution < 1.29 is 53.0 Å². The highest BCUT2D eigenvalue weighted by atomic mass is 16.6. The summed E-state index contributed by atoms with van der Waals surface area (Å²) in [5.74, 6) is 1.48. The Kier molecular flexibility index (Phi) is 13.7. The number of carbonyl (C=O) groups excluding carboxylic acids is 2. The maximum absolute atomic E-state index is 15.0. The number of esters is 1. The van der Waals surface area contributed by atoms with Gasteiger partial charge in [0.2, 0.25) is 11.7 Å². The molecule has 7 rings (SSSR count). The van der Waals surface area contributed by atoms with Gasteiger partial charge < -0.3 is 48.3 Å². The summed E-state index contributed by atoms with van der Waals surface area (Å²) < 4.78 is 40.9. The Morgan fingerprint density at radius 1 is 0.709 bits per heavy atom. The predicted molar refractivity (Wildman–Crippen MR) is 204 cm³/mol. The molecular weight excluding hydrogens is 706 g/mol. The van der Waals surface area contributed by atoms with E-state index in [1.807, 2.05) is 24.3 Å². The van der Waals surface area contributed by atoms with Crippen LogP contribution in [0.3, 0.4) is 0 Å². The number of benzene rings is 3. The van der Waals surface area contributed by atoms with Crippen LogP contribution in [0.4, 0.5) is 0 Å². The van der Waals surface area contributed by atoms with Gasteiger partial charge in [0.05, 0.1) is 34.4 Å². The standard InChI is InChI=1S/C43H55NO11/c1-49-36-19-17-27(21-37(36)50-2)16-18-35-29-13-10-14-31(22-29)53-25-33(45)34(46)26-54-41-38(51-3)23-30(24-39(41)52-4)40(28-11-6-5-7-12-28)42(47)44-20-9-8-15-32(44)43(48)55-35/h10,13-14,17,19,21-24,28,32-35,40,45-46H,5-9,11-12,15-16,18,20,25-26H2,1-4H3/t32-,33+,34-,35+,40-/m0/s1. The average Bonchev–Trinajstić information content (AvgIpc) is 3.23. The fourth-order valence-electron chi connectivity index (χ4n) is 8.15. The summed E-state index contributed by atoms with van der Waals surface area (Å²) >= 11 is 0. The molecule has 1 aliphatic carbocycles. The van der Waals surface area contributed by atoms with Gasteiger partial charge in [-0.25, -0.2) is 4.79 Å². The second-order valence-corrected chi connectivity index (χ2v) is 14.7. The normalized spacial score (nSPS) is 24.1. The molecule has 12 heteroatoms. The van der Waals surface area contributed by atoms with Gasteiger partial charge >= 0.3 is 5.97 Å². The van der Waals surface area contributed by atoms with Crippen LogP contribution in [0.1, 0.15) is 86.5 Å². The van der Waals surface area contributed by atoms with Gasteiger partial charge in [-0.3, -0.25) is 4.79 Å². The molecule has 3 aliphatic heterocycles. The van der Waals surface area contributed by atoms with E-state index in [1.54, 1.807) is 49.5 Å². The van der Waals surface area contributed by atoms with Gasteiger partial charge in [0.25, 0.3) is 0 Å². The van der Waals surface area contributed by atoms with Crippen molar-refractivity contribution in [2.45, 2.75) is 94.5 Å². The van der Waals surface area contributed by atoms with Crippen LogP contribution in [-0.4, -0.2) is 93.4 Å². The van der Waals surface area contributed by atoms with Crippen molar-refractivity contribution in [1.82, 2.24) is 4.90 Å². The molecule has 4 bridgehead atoms. The van der Waals surface area contributed by atoms with Crippen molar-refractivity contribution in [2.75, 3.05) is 48.2 Å². The lowest BCUT2D eigenvalue weighted by molar-refractivity contribution is -0.163. The van der Waals surface area contributed by atoms with E-state index in [1.165, 1.54) is 14.2 Å². The minimum atomic E-state index is -1.31. The van der Waals surface area contributed by atoms with Crippen LogP contribution in [0.5, 0.6) is 34.5 Å². The third-order valence-corrected chi connectivity index (χ3v) is 11.2. The van der Waals surface area contributed by atoms with E-state index in [-0.39, 0.29) is 30.8 Å². The largest absolute Gasteiger partial charge is 0.493 e. The van der Waals surface area contributed by atoms with Crippen molar-refractivity contribution in [3.05, 3.63) is 71.3 Å². The molecule has 0 unspecified atom stereocenters. The van der Waals surface area contributed by atoms with Crippen LogP contribution in [0.25, 0.3) is 0 Å². The molecule has 1 saturated carbocycles. The summed E-state index contributed by atoms with van der Waals surface area (Å²) in [5.41, 5.74) is 2.38. The SMILES string of the molecule is COc1ccc(CC[C@H]2OC(=O)[C@@H]3CCCCN3C(=O)[C@@H](C3CCCCC3)c3cc(OC)c(c(OC)c3)OC[C@H](O)[C@H](O)COc3cccc2c3)cc1OC. The molecule has 3 aromatic carbocycles. The van der Waals surface area contributed by atoms with Gasteiger partial charge in [-0.15, -0.1) is 0 Å². The second-order valence-electron chi connectivity index (χ2n) is 14.7. The minimum absolute atomic E-state index is 0.0489. The first-order valence-electron chi connectivity index (χ1n) is 19.4. The van der Waals surface area contributed by atoms with Crippen LogP contribution in [0.15, 0.2) is 54.6 Å². The molecular formula is C43H55NO11. The molecule has 0 spiro atoms. The van der Waals surface area contributed by atoms with Gasteiger partial charge in [-0.2, -0.15) is 0 Å². The molecule has 3 heterocycles. The third kappa shape index (κ3) is 9.41. The molecule has 1 saturated heterocycles. The van der Waals surface area contributed by atoms with E-state index in [4.69, 9.17) is 33.2 Å². The summed E-state index contributed by atoms with van der Waals surface area (Å²) in [4.78, 5) is 31.2. The number of nitrogens with zero attached hydrogens (tertiary/aromatic N) is 1. The smallest absolute Gasteiger partial charge is 0.329 e. The number of amides is 1. The number of carbonyl (C=O) groups is 2. The van der Waals surface area contributed by atoms with Crippen LogP contribution in [0.2, 0.25) is 0 Å². The summed E-state index contributed by atoms with van der Waals surface area (Å²) in [6.45, 7) is -0.0537. The van der Waals surface area contributed by atoms with Crippen LogP contribution < -0.4 is 28.4 Å². The first-order chi connectivity index (χ1) is 26.7. The number of fused-ring (bicyclic) bond motifs is 10. The highest BCUT2D eigenvalue weighted by Crippen LogP contribution is 2.45. The monoisotopic (exact) mass is 761 g/mol. The van der Waals surface area contributed by atoms with E-state index in [9.17, 15) is 15.0 Å². The van der Waals surface area contributed by atoms with Crippen molar-refractivity contribution in [1.29, 1.82) is 0 Å². The number of aliphatic hydroxyl groups is 2. The van der Waals surface area contributed by atoms with Crippen molar-refractivity contribution >= 4 is 11.9 Å². The van der Waals surface area contributed by atoms with Crippen molar-refractivity contribution in [3.63, 3.8) is 0 Å². The topological polar surface area (TPSA) is 142 Å². The first-order valence-corrected chi connectivity index (χ1v) is 19.4. The van der Waals surface area contributed by atoms with Gasteiger partial charge in [0.15, 0.2) is 23.0 Å². The summed E-state index contributed by atoms with van der Waals surface area (Å²) in [6.07, 6.45) is 4.64. The second kappa shape index (κ2) is 18.8. The van der Waals surface area contributed by atoms with E-state index < -0.39 is 36.2 Å². The van der Waals surface area contributed by atoms with E-state index in [0.717, 1.165) is 50.5 Å². The molecule has 55 heavy (non-hydrogen) atoms. The van der Waals surface area contributed by atoms with Crippen molar-refractivity contribution in [2.24, 2.45) is 5.92 Å². The number of piperidine rings is 1. The molecule has 0 aromatic heterocycles. The van der Waals surface area contributed by atoms with E-state index in [2.05, 4.69) is 0 Å². The molecule has 2 fully saturated rings. The van der Waals surface area contributed by atoms with Gasteiger partial charge in [-0.05, 0) is 104 Å². The van der Waals surface area contributed by atoms with E-state index in [0.29, 0.717) is 65.7 Å². The highest BCUT2D eigenvalue weighted by Gasteiger charge is 2.41. The summed E-state index contributed by atoms with van der Waals surface area (Å²) in [7, 11) is 6.19. The lowest BCUT2D eigenvalue weighted by atomic mass is 9.75. The number of methoxy groups -OCH3 is 4. The Bertz CT molecular complexity index is 1730. The molecule has 298 valence electrons. The summed E-state index contributed by atoms with van der Waals surface area (Å²) in [6, 6.07) is 15.7. The first kappa shape index (κ1) is 40.0. The number of aryl methyl sites for hydroxylation is 1. The fraction of sp³-hybridized carbons (Fsp3) is 0.535. The van der Waals surface area contributed by atoms with E-state index >= 15 is 4.79 Å². The Morgan fingerprint density at radius 3 is 2.07 bits per heavy atom. The lowest BCUT2D eigenvalue weighted by Gasteiger charge is -2.40. The molecule has 1 amide bonds. The minimum Gasteiger partial charge on any atom is -0.493 e. The Labute approximate surface area is 323 Å². The summed E-state index contributed by atoms with van der Waals surface area (Å²) in [5, 5.41) is 21.8. The number of rotatable bonds is 8.